The lowest BCUT2D eigenvalue weighted by Gasteiger charge is -2.11. The highest BCUT2D eigenvalue weighted by atomic mass is 79.9. The van der Waals surface area contributed by atoms with E-state index in [2.05, 4.69) is 21.0 Å². The Morgan fingerprint density at radius 2 is 1.96 bits per heavy atom. The molecule has 0 aromatic heterocycles. The quantitative estimate of drug-likeness (QED) is 0.811. The number of hydrogen-bond acceptors (Lipinski definition) is 4. The van der Waals surface area contributed by atoms with Gasteiger partial charge in [-0.3, -0.25) is 4.79 Å². The van der Waals surface area contributed by atoms with Crippen LogP contribution in [0.4, 0.5) is 5.69 Å². The number of amides is 1. The average Bonchev–Trinajstić information content (AvgIpc) is 2.86. The summed E-state index contributed by atoms with van der Waals surface area (Å²) in [6.45, 7) is 1.76. The monoisotopic (exact) mass is 386 g/mol. The molecular formula is C18H15BrN2O3. The fraction of sp³-hybridized carbons (Fsp3) is 0.111. The molecule has 0 bridgehead atoms. The summed E-state index contributed by atoms with van der Waals surface area (Å²) in [7, 11) is 1.48. The van der Waals surface area contributed by atoms with Gasteiger partial charge in [0.15, 0.2) is 11.5 Å². The number of hydrazone groups is 1. The van der Waals surface area contributed by atoms with E-state index >= 15 is 0 Å². The Hall–Kier alpha value is -2.60. The first-order valence-corrected chi connectivity index (χ1v) is 8.04. The Morgan fingerprint density at radius 3 is 2.62 bits per heavy atom. The number of methoxy groups -OCH3 is 1. The average molecular weight is 387 g/mol. The Kier molecular flexibility index (Phi) is 4.40. The van der Waals surface area contributed by atoms with Gasteiger partial charge in [0.25, 0.3) is 5.91 Å². The first-order valence-electron chi connectivity index (χ1n) is 7.24. The van der Waals surface area contributed by atoms with Crippen LogP contribution in [0.15, 0.2) is 57.6 Å². The van der Waals surface area contributed by atoms with Crippen LogP contribution in [-0.2, 0) is 4.79 Å². The summed E-state index contributed by atoms with van der Waals surface area (Å²) in [5, 5.41) is 15.9. The number of nitrogens with zero attached hydrogens (tertiary/aromatic N) is 2. The smallest absolute Gasteiger partial charge is 0.280 e. The van der Waals surface area contributed by atoms with Crippen LogP contribution in [0.1, 0.15) is 12.5 Å². The molecule has 1 aliphatic heterocycles. The minimum absolute atomic E-state index is 0.0213. The zero-order valence-electron chi connectivity index (χ0n) is 13.2. The summed E-state index contributed by atoms with van der Waals surface area (Å²) in [5.74, 6) is 0.0696. The second-order valence-electron chi connectivity index (χ2n) is 5.24. The summed E-state index contributed by atoms with van der Waals surface area (Å²) in [4.78, 5) is 12.7. The van der Waals surface area contributed by atoms with Gasteiger partial charge < -0.3 is 9.84 Å². The maximum atomic E-state index is 12.7. The molecule has 0 aliphatic carbocycles. The number of phenolic OH excluding ortho intramolecular Hbond substituents is 1. The summed E-state index contributed by atoms with van der Waals surface area (Å²) < 4.78 is 5.88. The van der Waals surface area contributed by atoms with Gasteiger partial charge in [-0.25, -0.2) is 0 Å². The number of hydrogen-bond donors (Lipinski definition) is 1. The van der Waals surface area contributed by atoms with Gasteiger partial charge in [-0.2, -0.15) is 10.1 Å². The van der Waals surface area contributed by atoms with Crippen molar-refractivity contribution in [3.05, 3.63) is 58.1 Å². The molecule has 1 heterocycles. The van der Waals surface area contributed by atoms with Gasteiger partial charge >= 0.3 is 0 Å². The van der Waals surface area contributed by atoms with Gasteiger partial charge in [0.05, 0.1) is 24.1 Å². The van der Waals surface area contributed by atoms with Crippen molar-refractivity contribution in [1.29, 1.82) is 0 Å². The van der Waals surface area contributed by atoms with Crippen molar-refractivity contribution in [1.82, 2.24) is 0 Å². The van der Waals surface area contributed by atoms with E-state index in [-0.39, 0.29) is 11.7 Å². The summed E-state index contributed by atoms with van der Waals surface area (Å²) in [6, 6.07) is 12.6. The van der Waals surface area contributed by atoms with E-state index in [0.29, 0.717) is 28.3 Å². The number of para-hydroxylation sites is 1. The van der Waals surface area contributed by atoms with Crippen LogP contribution in [-0.4, -0.2) is 23.8 Å². The largest absolute Gasteiger partial charge is 0.504 e. The van der Waals surface area contributed by atoms with Crippen LogP contribution in [0, 0.1) is 0 Å². The van der Waals surface area contributed by atoms with Crippen LogP contribution < -0.4 is 9.75 Å². The van der Waals surface area contributed by atoms with Crippen LogP contribution in [0.3, 0.4) is 0 Å². The lowest BCUT2D eigenvalue weighted by molar-refractivity contribution is -0.114. The third-order valence-electron chi connectivity index (χ3n) is 3.65. The maximum Gasteiger partial charge on any atom is 0.280 e. The molecule has 2 aromatic rings. The first kappa shape index (κ1) is 16.3. The van der Waals surface area contributed by atoms with Crippen LogP contribution in [0.25, 0.3) is 6.08 Å². The Balaban J connectivity index is 2.02. The molecule has 0 saturated carbocycles. The molecule has 5 nitrogen and oxygen atoms in total. The molecule has 0 saturated heterocycles. The fourth-order valence-corrected chi connectivity index (χ4v) is 2.90. The van der Waals surface area contributed by atoms with Crippen molar-refractivity contribution in [3.8, 4) is 11.5 Å². The highest BCUT2D eigenvalue weighted by molar-refractivity contribution is 9.10. The van der Waals surface area contributed by atoms with E-state index in [1.165, 1.54) is 12.1 Å². The number of anilines is 1. The molecule has 0 atom stereocenters. The van der Waals surface area contributed by atoms with Gasteiger partial charge in [0.1, 0.15) is 0 Å². The topological polar surface area (TPSA) is 62.1 Å². The standard InChI is InChI=1S/C18H15BrN2O3/c1-11-15(9-12-8-13(19)10-16(24-2)17(12)22)18(23)21(20-11)14-6-4-3-5-7-14/h3-10,22H,1-2H3/b15-9+. The molecular weight excluding hydrogens is 372 g/mol. The zero-order chi connectivity index (χ0) is 17.3. The normalized spacial score (nSPS) is 15.8. The lowest BCUT2D eigenvalue weighted by atomic mass is 10.1. The molecule has 122 valence electrons. The zero-order valence-corrected chi connectivity index (χ0v) is 14.7. The second-order valence-corrected chi connectivity index (χ2v) is 6.16. The van der Waals surface area contributed by atoms with Gasteiger partial charge in [-0.15, -0.1) is 0 Å². The third-order valence-corrected chi connectivity index (χ3v) is 4.11. The predicted octanol–water partition coefficient (Wildman–Crippen LogP) is 3.97. The van der Waals surface area contributed by atoms with Crippen LogP contribution in [0.5, 0.6) is 11.5 Å². The molecule has 3 rings (SSSR count). The number of carbonyl (C=O) groups is 1. The molecule has 24 heavy (non-hydrogen) atoms. The molecule has 6 heteroatoms. The van der Waals surface area contributed by atoms with Gasteiger partial charge in [-0.1, -0.05) is 34.1 Å². The van der Waals surface area contributed by atoms with Crippen molar-refractivity contribution < 1.29 is 14.6 Å². The molecule has 2 aromatic carbocycles. The first-order chi connectivity index (χ1) is 11.5. The van der Waals surface area contributed by atoms with Crippen molar-refractivity contribution in [2.75, 3.05) is 12.1 Å². The van der Waals surface area contributed by atoms with E-state index in [9.17, 15) is 9.90 Å². The van der Waals surface area contributed by atoms with E-state index in [4.69, 9.17) is 4.74 Å². The SMILES string of the molecule is COc1cc(Br)cc(/C=C2/C(=O)N(c3ccccc3)N=C2C)c1O. The molecule has 1 aliphatic rings. The molecule has 0 fully saturated rings. The Morgan fingerprint density at radius 1 is 1.25 bits per heavy atom. The Bertz CT molecular complexity index is 860. The van der Waals surface area contributed by atoms with E-state index in [0.717, 1.165) is 4.47 Å². The molecule has 1 N–H and O–H groups in total. The fourth-order valence-electron chi connectivity index (χ4n) is 2.44. The summed E-state index contributed by atoms with van der Waals surface area (Å²) in [5.41, 5.74) is 2.19. The van der Waals surface area contributed by atoms with Crippen LogP contribution in [0.2, 0.25) is 0 Å². The number of ether oxygens (including phenoxy) is 1. The number of phenols is 1. The number of rotatable bonds is 3. The van der Waals surface area contributed by atoms with Crippen molar-refractivity contribution >= 4 is 39.3 Å². The Labute approximate surface area is 148 Å². The summed E-state index contributed by atoms with van der Waals surface area (Å²) >= 11 is 3.37. The molecule has 0 unspecified atom stereocenters. The van der Waals surface area contributed by atoms with Gasteiger partial charge in [0, 0.05) is 10.0 Å². The highest BCUT2D eigenvalue weighted by Gasteiger charge is 2.29. The van der Waals surface area contributed by atoms with E-state index in [1.807, 2.05) is 30.3 Å². The highest BCUT2D eigenvalue weighted by Crippen LogP contribution is 2.36. The van der Waals surface area contributed by atoms with Gasteiger partial charge in [0.2, 0.25) is 0 Å². The summed E-state index contributed by atoms with van der Waals surface area (Å²) in [6.07, 6.45) is 1.62. The van der Waals surface area contributed by atoms with E-state index in [1.54, 1.807) is 25.1 Å². The molecule has 0 radical (unpaired) electrons. The molecule has 0 spiro atoms. The number of aromatic hydroxyl groups is 1. The number of carbonyl (C=O) groups excluding carboxylic acids is 1. The van der Waals surface area contributed by atoms with Crippen LogP contribution >= 0.6 is 15.9 Å². The maximum absolute atomic E-state index is 12.7. The van der Waals surface area contributed by atoms with Crippen molar-refractivity contribution in [3.63, 3.8) is 0 Å². The lowest BCUT2D eigenvalue weighted by Crippen LogP contribution is -2.21. The minimum Gasteiger partial charge on any atom is -0.504 e. The molecule has 1 amide bonds. The van der Waals surface area contributed by atoms with Crippen molar-refractivity contribution in [2.45, 2.75) is 6.92 Å². The second kappa shape index (κ2) is 6.49. The third kappa shape index (κ3) is 2.92. The predicted molar refractivity (Wildman–Crippen MR) is 97.4 cm³/mol. The van der Waals surface area contributed by atoms with Crippen molar-refractivity contribution in [2.24, 2.45) is 5.10 Å². The number of halogens is 1. The minimum atomic E-state index is -0.239. The van der Waals surface area contributed by atoms with Gasteiger partial charge in [-0.05, 0) is 37.3 Å². The van der Waals surface area contributed by atoms with E-state index < -0.39 is 0 Å². The number of benzene rings is 2.